The Morgan fingerprint density at radius 1 is 0.800 bits per heavy atom. The molecule has 0 radical (unpaired) electrons. The second-order valence-electron chi connectivity index (χ2n) is 2.60. The molecule has 0 aliphatic rings. The van der Waals surface area contributed by atoms with Crippen LogP contribution in [0.25, 0.3) is 0 Å². The molecule has 0 aliphatic carbocycles. The van der Waals surface area contributed by atoms with Crippen molar-refractivity contribution in [2.75, 3.05) is 27.3 Å². The molecule has 0 fully saturated rings. The number of nitrogens with one attached hydrogen (secondary N) is 2. The molecule has 0 saturated carbocycles. The zero-order valence-electron chi connectivity index (χ0n) is 12.3. The van der Waals surface area contributed by atoms with Gasteiger partial charge in [-0.1, -0.05) is 0 Å². The summed E-state index contributed by atoms with van der Waals surface area (Å²) in [5.74, 6) is -3.09. The summed E-state index contributed by atoms with van der Waals surface area (Å²) in [7, 11) is 2.75. The van der Waals surface area contributed by atoms with Gasteiger partial charge in [0.15, 0.2) is 0 Å². The topological polar surface area (TPSA) is 141 Å². The van der Waals surface area contributed by atoms with Crippen LogP contribution >= 0.6 is 0 Å². The molecular weight excluding hydrogens is 267 g/mol. The Bertz CT molecular complexity index is 280. The molecule has 0 saturated heterocycles. The Balaban J connectivity index is -0.000000116. The van der Waals surface area contributed by atoms with E-state index in [0.717, 1.165) is 0 Å². The molecule has 112 valence electrons. The van der Waals surface area contributed by atoms with E-state index < -0.39 is 23.8 Å². The fraction of sp³-hybridized carbons (Fsp3) is 0.600. The van der Waals surface area contributed by atoms with Crippen molar-refractivity contribution in [2.24, 2.45) is 0 Å². The van der Waals surface area contributed by atoms with E-state index >= 15 is 0 Å². The summed E-state index contributed by atoms with van der Waals surface area (Å²) in [6, 6.07) is 0. The van der Waals surface area contributed by atoms with Crippen LogP contribution in [0.3, 0.4) is 0 Å². The molecule has 0 aromatic heterocycles. The first-order chi connectivity index (χ1) is 8.44. The molecule has 2 amide bonds. The van der Waals surface area contributed by atoms with Gasteiger partial charge in [-0.25, -0.2) is 9.59 Å². The quantitative estimate of drug-likeness (QED) is 0.295. The number of esters is 2. The van der Waals surface area contributed by atoms with Gasteiger partial charge in [-0.3, -0.25) is 9.59 Å². The molecule has 0 heterocycles. The third-order valence-electron chi connectivity index (χ3n) is 1.38. The zero-order valence-corrected chi connectivity index (χ0v) is 12.3. The number of rotatable bonds is 2. The van der Waals surface area contributed by atoms with Crippen molar-refractivity contribution < 1.29 is 53.0 Å². The van der Waals surface area contributed by atoms with E-state index in [-0.39, 0.29) is 37.6 Å². The van der Waals surface area contributed by atoms with Crippen LogP contribution in [-0.4, -0.2) is 56.5 Å². The third-order valence-corrected chi connectivity index (χ3v) is 1.38. The summed E-state index contributed by atoms with van der Waals surface area (Å²) in [6.07, 6.45) is 0. The first-order valence-electron chi connectivity index (χ1n) is 5.22. The van der Waals surface area contributed by atoms with Gasteiger partial charge in [0.25, 0.3) is 0 Å². The van der Waals surface area contributed by atoms with Crippen LogP contribution in [0.1, 0.15) is 13.8 Å². The van der Waals surface area contributed by atoms with Crippen LogP contribution in [-0.2, 0) is 28.7 Å². The molecule has 9 nitrogen and oxygen atoms in total. The van der Waals surface area contributed by atoms with Crippen molar-refractivity contribution in [3.63, 3.8) is 0 Å². The van der Waals surface area contributed by atoms with Crippen LogP contribution in [0.4, 0.5) is 0 Å². The Hall–Kier alpha value is -1.56. The molecule has 0 aliphatic heterocycles. The summed E-state index contributed by atoms with van der Waals surface area (Å²) in [4.78, 5) is 41.3. The van der Waals surface area contributed by atoms with Crippen molar-refractivity contribution in [3.8, 4) is 0 Å². The van der Waals surface area contributed by atoms with Crippen LogP contribution in [0.2, 0.25) is 0 Å². The van der Waals surface area contributed by atoms with Gasteiger partial charge >= 0.3 is 42.6 Å². The first kappa shape index (κ1) is 26.9. The van der Waals surface area contributed by atoms with E-state index in [1.807, 2.05) is 0 Å². The van der Waals surface area contributed by atoms with Crippen LogP contribution in [0, 0.1) is 0 Å². The first-order valence-corrected chi connectivity index (χ1v) is 5.22. The molecule has 0 bridgehead atoms. The van der Waals surface area contributed by atoms with Gasteiger partial charge in [0.1, 0.15) is 0 Å². The molecule has 0 aromatic rings. The van der Waals surface area contributed by atoms with E-state index in [1.165, 1.54) is 14.1 Å². The molecular formula is C10H19LiN2O7. The fourth-order valence-electron chi connectivity index (χ4n) is 0.597. The zero-order chi connectivity index (χ0) is 14.6. The van der Waals surface area contributed by atoms with E-state index in [2.05, 4.69) is 20.1 Å². The number of ether oxygens (including phenoxy) is 2. The summed E-state index contributed by atoms with van der Waals surface area (Å²) in [5, 5.41) is 4.27. The minimum absolute atomic E-state index is 0. The SMILES string of the molecule is CCOC(=O)C(=O)NC.CCOC(=O)C(=O)NC.[Li+].[OH-]. The van der Waals surface area contributed by atoms with E-state index in [0.29, 0.717) is 0 Å². The Morgan fingerprint density at radius 2 is 1.05 bits per heavy atom. The van der Waals surface area contributed by atoms with Gasteiger partial charge in [0.05, 0.1) is 13.2 Å². The second kappa shape index (κ2) is 17.4. The Kier molecular flexibility index (Phi) is 23.4. The fourth-order valence-corrected chi connectivity index (χ4v) is 0.597. The van der Waals surface area contributed by atoms with Gasteiger partial charge in [-0.15, -0.1) is 0 Å². The number of carbonyl (C=O) groups excluding carboxylic acids is 4. The van der Waals surface area contributed by atoms with Gasteiger partial charge < -0.3 is 25.6 Å². The monoisotopic (exact) mass is 286 g/mol. The molecule has 0 aromatic carbocycles. The van der Waals surface area contributed by atoms with Crippen LogP contribution in [0.15, 0.2) is 0 Å². The predicted molar refractivity (Wildman–Crippen MR) is 63.3 cm³/mol. The smallest absolute Gasteiger partial charge is 0.870 e. The van der Waals surface area contributed by atoms with E-state index in [4.69, 9.17) is 0 Å². The second-order valence-corrected chi connectivity index (χ2v) is 2.60. The average molecular weight is 286 g/mol. The number of amides is 2. The van der Waals surface area contributed by atoms with Gasteiger partial charge in [-0.05, 0) is 13.8 Å². The average Bonchev–Trinajstić information content (AvgIpc) is 2.38. The maximum Gasteiger partial charge on any atom is 1.00 e. The predicted octanol–water partition coefficient (Wildman–Crippen LogP) is -4.58. The molecule has 0 atom stereocenters. The normalized spacial score (nSPS) is 7.40. The van der Waals surface area contributed by atoms with Crippen molar-refractivity contribution in [1.82, 2.24) is 10.6 Å². The molecule has 0 spiro atoms. The van der Waals surface area contributed by atoms with Gasteiger partial charge in [-0.2, -0.15) is 0 Å². The van der Waals surface area contributed by atoms with Crippen LogP contribution in [0.5, 0.6) is 0 Å². The van der Waals surface area contributed by atoms with E-state index in [1.54, 1.807) is 13.8 Å². The van der Waals surface area contributed by atoms with E-state index in [9.17, 15) is 19.2 Å². The van der Waals surface area contributed by atoms with Crippen molar-refractivity contribution >= 4 is 23.8 Å². The number of likely N-dealkylation sites (N-methyl/N-ethyl adjacent to an activating group) is 2. The third kappa shape index (κ3) is 14.5. The number of hydrogen-bond donors (Lipinski definition) is 2. The van der Waals surface area contributed by atoms with Gasteiger partial charge in [0.2, 0.25) is 0 Å². The summed E-state index contributed by atoms with van der Waals surface area (Å²) < 4.78 is 8.69. The van der Waals surface area contributed by atoms with Crippen molar-refractivity contribution in [3.05, 3.63) is 0 Å². The standard InChI is InChI=1S/2C5H9NO3.Li.H2O/c2*1-3-9-5(8)4(7)6-2;;/h2*3H2,1-2H3,(H,6,7);;1H2/q;;+1;/p-1. The maximum absolute atomic E-state index is 10.3. The molecule has 10 heteroatoms. The van der Waals surface area contributed by atoms with Gasteiger partial charge in [0, 0.05) is 14.1 Å². The maximum atomic E-state index is 10.3. The molecule has 20 heavy (non-hydrogen) atoms. The summed E-state index contributed by atoms with van der Waals surface area (Å²) in [5.41, 5.74) is 0. The minimum Gasteiger partial charge on any atom is -0.870 e. The Morgan fingerprint density at radius 3 is 1.20 bits per heavy atom. The largest absolute Gasteiger partial charge is 1.00 e. The Labute approximate surface area is 129 Å². The summed E-state index contributed by atoms with van der Waals surface area (Å²) in [6.45, 7) is 3.74. The van der Waals surface area contributed by atoms with Crippen molar-refractivity contribution in [1.29, 1.82) is 0 Å². The molecule has 0 unspecified atom stereocenters. The van der Waals surface area contributed by atoms with Crippen LogP contribution < -0.4 is 29.5 Å². The summed E-state index contributed by atoms with van der Waals surface area (Å²) >= 11 is 0. The minimum atomic E-state index is -0.833. The van der Waals surface area contributed by atoms with Crippen molar-refractivity contribution in [2.45, 2.75) is 13.8 Å². The number of hydrogen-bond acceptors (Lipinski definition) is 7. The molecule has 0 rings (SSSR count). The molecule has 3 N–H and O–H groups in total. The number of carbonyl (C=O) groups is 4.